The van der Waals surface area contributed by atoms with Gasteiger partial charge in [-0.15, -0.1) is 11.8 Å². The van der Waals surface area contributed by atoms with Gasteiger partial charge >= 0.3 is 0 Å². The molecule has 5 heteroatoms. The van der Waals surface area contributed by atoms with E-state index in [4.69, 9.17) is 11.6 Å². The fourth-order valence-electron chi connectivity index (χ4n) is 1.57. The predicted molar refractivity (Wildman–Crippen MR) is 89.6 cm³/mol. The van der Waals surface area contributed by atoms with Crippen molar-refractivity contribution in [3.63, 3.8) is 0 Å². The molecule has 0 aliphatic rings. The van der Waals surface area contributed by atoms with Gasteiger partial charge < -0.3 is 5.32 Å². The zero-order valence-electron chi connectivity index (χ0n) is 10.6. The molecule has 104 valence electrons. The summed E-state index contributed by atoms with van der Waals surface area (Å²) in [5.41, 5.74) is 0.800. The quantitative estimate of drug-likeness (QED) is 0.731. The molecule has 2 nitrogen and oxygen atoms in total. The summed E-state index contributed by atoms with van der Waals surface area (Å²) in [6.07, 6.45) is 0.467. The van der Waals surface area contributed by atoms with E-state index in [9.17, 15) is 4.79 Å². The third-order valence-electron chi connectivity index (χ3n) is 2.56. The second kappa shape index (κ2) is 7.72. The van der Waals surface area contributed by atoms with E-state index in [1.165, 1.54) is 0 Å². The molecule has 0 aliphatic carbocycles. The minimum Gasteiger partial charge on any atom is -0.325 e. The number of anilines is 1. The van der Waals surface area contributed by atoms with E-state index in [-0.39, 0.29) is 5.91 Å². The number of thioether (sulfide) groups is 1. The van der Waals surface area contributed by atoms with Gasteiger partial charge in [0, 0.05) is 26.6 Å². The molecule has 1 amide bonds. The summed E-state index contributed by atoms with van der Waals surface area (Å²) >= 11 is 10.9. The number of benzene rings is 2. The Hall–Kier alpha value is -0.970. The maximum absolute atomic E-state index is 11.8. The lowest BCUT2D eigenvalue weighted by Gasteiger charge is -2.07. The van der Waals surface area contributed by atoms with Gasteiger partial charge in [0.05, 0.1) is 5.69 Å². The van der Waals surface area contributed by atoms with E-state index >= 15 is 0 Å². The SMILES string of the molecule is O=C(CCSc1ccc(Cl)cc1)Nc1ccccc1Br. The number of hydrogen-bond donors (Lipinski definition) is 1. The number of para-hydroxylation sites is 1. The lowest BCUT2D eigenvalue weighted by molar-refractivity contribution is -0.115. The lowest BCUT2D eigenvalue weighted by atomic mass is 10.3. The zero-order chi connectivity index (χ0) is 14.4. The average Bonchev–Trinajstić information content (AvgIpc) is 2.44. The molecule has 2 rings (SSSR count). The van der Waals surface area contributed by atoms with Gasteiger partial charge in [-0.1, -0.05) is 23.7 Å². The van der Waals surface area contributed by atoms with Crippen LogP contribution in [0.5, 0.6) is 0 Å². The van der Waals surface area contributed by atoms with E-state index in [0.29, 0.717) is 6.42 Å². The molecule has 0 saturated heterocycles. The van der Waals surface area contributed by atoms with E-state index in [1.54, 1.807) is 11.8 Å². The normalized spacial score (nSPS) is 10.3. The summed E-state index contributed by atoms with van der Waals surface area (Å²) in [6.45, 7) is 0. The van der Waals surface area contributed by atoms with Crippen molar-refractivity contribution in [3.05, 3.63) is 58.0 Å². The molecule has 0 bridgehead atoms. The van der Waals surface area contributed by atoms with Gasteiger partial charge in [-0.3, -0.25) is 4.79 Å². The number of rotatable bonds is 5. The summed E-state index contributed by atoms with van der Waals surface area (Å²) in [5, 5.41) is 3.61. The van der Waals surface area contributed by atoms with Crippen LogP contribution in [0, 0.1) is 0 Å². The monoisotopic (exact) mass is 369 g/mol. The van der Waals surface area contributed by atoms with Crippen LogP contribution in [0.15, 0.2) is 57.9 Å². The maximum atomic E-state index is 11.8. The Morgan fingerprint density at radius 1 is 1.15 bits per heavy atom. The molecule has 0 spiro atoms. The summed E-state index contributed by atoms with van der Waals surface area (Å²) in [7, 11) is 0. The molecule has 2 aromatic rings. The molecule has 0 fully saturated rings. The zero-order valence-corrected chi connectivity index (χ0v) is 13.8. The second-order valence-corrected chi connectivity index (χ2v) is 6.54. The highest BCUT2D eigenvalue weighted by Crippen LogP contribution is 2.23. The van der Waals surface area contributed by atoms with Crippen LogP contribution in [-0.2, 0) is 4.79 Å². The molecule has 0 aliphatic heterocycles. The van der Waals surface area contributed by atoms with Crippen molar-refractivity contribution in [2.75, 3.05) is 11.1 Å². The van der Waals surface area contributed by atoms with Crippen LogP contribution in [0.1, 0.15) is 6.42 Å². The van der Waals surface area contributed by atoms with E-state index in [1.807, 2.05) is 48.5 Å². The Labute approximate surface area is 136 Å². The van der Waals surface area contributed by atoms with Crippen molar-refractivity contribution in [2.45, 2.75) is 11.3 Å². The predicted octanol–water partition coefficient (Wildman–Crippen LogP) is 5.22. The number of carbonyl (C=O) groups excluding carboxylic acids is 1. The Bertz CT molecular complexity index is 589. The highest BCUT2D eigenvalue weighted by molar-refractivity contribution is 9.10. The van der Waals surface area contributed by atoms with E-state index in [0.717, 1.165) is 25.8 Å². The van der Waals surface area contributed by atoms with Gasteiger partial charge in [0.1, 0.15) is 0 Å². The molecular weight excluding hydrogens is 358 g/mol. The fraction of sp³-hybridized carbons (Fsp3) is 0.133. The van der Waals surface area contributed by atoms with Crippen LogP contribution < -0.4 is 5.32 Å². The number of halogens is 2. The molecule has 0 saturated carbocycles. The third kappa shape index (κ3) is 4.85. The summed E-state index contributed by atoms with van der Waals surface area (Å²) in [4.78, 5) is 13.0. The minimum absolute atomic E-state index is 0.0124. The topological polar surface area (TPSA) is 29.1 Å². The highest BCUT2D eigenvalue weighted by atomic mass is 79.9. The number of hydrogen-bond acceptors (Lipinski definition) is 2. The van der Waals surface area contributed by atoms with Crippen molar-refractivity contribution in [1.82, 2.24) is 0 Å². The third-order valence-corrected chi connectivity index (χ3v) is 4.52. The largest absolute Gasteiger partial charge is 0.325 e. The van der Waals surface area contributed by atoms with Crippen molar-refractivity contribution in [3.8, 4) is 0 Å². The summed E-state index contributed by atoms with van der Waals surface area (Å²) in [5.74, 6) is 0.746. The van der Waals surface area contributed by atoms with Crippen molar-refractivity contribution < 1.29 is 4.79 Å². The van der Waals surface area contributed by atoms with Gasteiger partial charge in [0.2, 0.25) is 5.91 Å². The van der Waals surface area contributed by atoms with Gasteiger partial charge in [-0.05, 0) is 52.3 Å². The fourth-order valence-corrected chi connectivity index (χ4v) is 2.93. The Balaban J connectivity index is 1.78. The first kappa shape index (κ1) is 15.4. The van der Waals surface area contributed by atoms with E-state index < -0.39 is 0 Å². The molecule has 0 aromatic heterocycles. The van der Waals surface area contributed by atoms with Crippen molar-refractivity contribution in [1.29, 1.82) is 0 Å². The molecule has 2 aromatic carbocycles. The van der Waals surface area contributed by atoms with Crippen LogP contribution in [0.4, 0.5) is 5.69 Å². The molecule has 0 atom stereocenters. The maximum Gasteiger partial charge on any atom is 0.225 e. The van der Waals surface area contributed by atoms with Crippen LogP contribution in [0.2, 0.25) is 5.02 Å². The van der Waals surface area contributed by atoms with Gasteiger partial charge in [0.25, 0.3) is 0 Å². The molecule has 20 heavy (non-hydrogen) atoms. The molecule has 0 heterocycles. The second-order valence-electron chi connectivity index (χ2n) is 4.08. The highest BCUT2D eigenvalue weighted by Gasteiger charge is 2.05. The minimum atomic E-state index is 0.0124. The van der Waals surface area contributed by atoms with Gasteiger partial charge in [0.15, 0.2) is 0 Å². The summed E-state index contributed by atoms with van der Waals surface area (Å²) in [6, 6.07) is 15.2. The first-order valence-corrected chi connectivity index (χ1v) is 8.23. The number of amides is 1. The van der Waals surface area contributed by atoms with Crippen molar-refractivity contribution >= 4 is 50.9 Å². The van der Waals surface area contributed by atoms with Gasteiger partial charge in [-0.25, -0.2) is 0 Å². The summed E-state index contributed by atoms with van der Waals surface area (Å²) < 4.78 is 0.888. The van der Waals surface area contributed by atoms with Crippen LogP contribution in [0.3, 0.4) is 0 Å². The van der Waals surface area contributed by atoms with Crippen LogP contribution >= 0.6 is 39.3 Å². The number of carbonyl (C=O) groups is 1. The Morgan fingerprint density at radius 2 is 1.85 bits per heavy atom. The van der Waals surface area contributed by atoms with Crippen molar-refractivity contribution in [2.24, 2.45) is 0 Å². The Morgan fingerprint density at radius 3 is 2.55 bits per heavy atom. The van der Waals surface area contributed by atoms with E-state index in [2.05, 4.69) is 21.2 Å². The molecule has 1 N–H and O–H groups in total. The number of nitrogens with one attached hydrogen (secondary N) is 1. The average molecular weight is 371 g/mol. The standard InChI is InChI=1S/C15H13BrClNOS/c16-13-3-1-2-4-14(13)18-15(19)9-10-20-12-7-5-11(17)6-8-12/h1-8H,9-10H2,(H,18,19). The molecule has 0 radical (unpaired) electrons. The molecular formula is C15H13BrClNOS. The smallest absolute Gasteiger partial charge is 0.225 e. The lowest BCUT2D eigenvalue weighted by Crippen LogP contribution is -2.12. The van der Waals surface area contributed by atoms with Crippen LogP contribution in [0.25, 0.3) is 0 Å². The Kier molecular flexibility index (Phi) is 5.95. The van der Waals surface area contributed by atoms with Crippen LogP contribution in [-0.4, -0.2) is 11.7 Å². The first-order chi connectivity index (χ1) is 9.65. The molecule has 0 unspecified atom stereocenters. The first-order valence-electron chi connectivity index (χ1n) is 6.08. The van der Waals surface area contributed by atoms with Gasteiger partial charge in [-0.2, -0.15) is 0 Å².